The largest absolute Gasteiger partial charge is 0.379 e. The molecule has 0 radical (unpaired) electrons. The van der Waals surface area contributed by atoms with Gasteiger partial charge in [0.25, 0.3) is 0 Å². The number of ether oxygens (including phenoxy) is 1. The number of fused-ring (bicyclic) bond motifs is 1. The Morgan fingerprint density at radius 3 is 2.52 bits per heavy atom. The predicted molar refractivity (Wildman–Crippen MR) is 108 cm³/mol. The minimum absolute atomic E-state index is 0.0579. The number of amides is 1. The van der Waals surface area contributed by atoms with Crippen LogP contribution in [0.2, 0.25) is 0 Å². The second-order valence-corrected chi connectivity index (χ2v) is 10.4. The molecule has 2 atom stereocenters. The fourth-order valence-corrected chi connectivity index (χ4v) is 7.06. The number of aryl methyl sites for hydroxylation is 1. The zero-order valence-electron chi connectivity index (χ0n) is 17.5. The predicted octanol–water partition coefficient (Wildman–Crippen LogP) is 1.70. The second kappa shape index (κ2) is 8.35. The van der Waals surface area contributed by atoms with Gasteiger partial charge in [0.05, 0.1) is 24.6 Å². The first-order chi connectivity index (χ1) is 13.9. The summed E-state index contributed by atoms with van der Waals surface area (Å²) in [6.45, 7) is 5.87. The SMILES string of the molecule is Cc1nn(CC(=O)N2CCC[C@H]3CCCC[C@@H]32)c(C)c1S(=O)(=O)N1CCOCC1. The summed E-state index contributed by atoms with van der Waals surface area (Å²) in [5.41, 5.74) is 0.996. The van der Waals surface area contributed by atoms with E-state index in [1.54, 1.807) is 18.5 Å². The van der Waals surface area contributed by atoms with Gasteiger partial charge in [-0.05, 0) is 45.4 Å². The number of carbonyl (C=O) groups excluding carboxylic acids is 1. The first-order valence-electron chi connectivity index (χ1n) is 10.8. The summed E-state index contributed by atoms with van der Waals surface area (Å²) in [5.74, 6) is 0.682. The summed E-state index contributed by atoms with van der Waals surface area (Å²) in [5, 5.41) is 4.44. The molecular weight excluding hydrogens is 392 g/mol. The number of rotatable bonds is 4. The number of aromatic nitrogens is 2. The Kier molecular flexibility index (Phi) is 5.99. The number of piperidine rings is 1. The van der Waals surface area contributed by atoms with Crippen molar-refractivity contribution >= 4 is 15.9 Å². The molecule has 1 aromatic heterocycles. The Hall–Kier alpha value is -1.45. The lowest BCUT2D eigenvalue weighted by Gasteiger charge is -2.44. The van der Waals surface area contributed by atoms with Crippen LogP contribution in [0, 0.1) is 19.8 Å². The molecule has 1 amide bonds. The Bertz CT molecular complexity index is 858. The van der Waals surface area contributed by atoms with Gasteiger partial charge >= 0.3 is 0 Å². The van der Waals surface area contributed by atoms with Gasteiger partial charge in [-0.25, -0.2) is 8.42 Å². The van der Waals surface area contributed by atoms with Gasteiger partial charge in [0.1, 0.15) is 11.4 Å². The van der Waals surface area contributed by atoms with Crippen LogP contribution in [0.5, 0.6) is 0 Å². The highest BCUT2D eigenvalue weighted by Crippen LogP contribution is 2.35. The standard InChI is InChI=1S/C20H32N4O4S/c1-15-20(29(26,27)22-10-12-28-13-11-22)16(2)24(21-15)14-19(25)23-9-5-7-17-6-3-4-8-18(17)23/h17-18H,3-14H2,1-2H3/t17-,18+/m1/s1. The molecule has 3 aliphatic rings. The van der Waals surface area contributed by atoms with Crippen molar-refractivity contribution in [3.8, 4) is 0 Å². The van der Waals surface area contributed by atoms with Gasteiger partial charge in [-0.2, -0.15) is 9.40 Å². The van der Waals surface area contributed by atoms with E-state index in [4.69, 9.17) is 4.74 Å². The van der Waals surface area contributed by atoms with Crippen molar-refractivity contribution in [2.24, 2.45) is 5.92 Å². The molecule has 9 heteroatoms. The number of hydrogen-bond donors (Lipinski definition) is 0. The maximum Gasteiger partial charge on any atom is 0.246 e. The Morgan fingerprint density at radius 2 is 1.76 bits per heavy atom. The van der Waals surface area contributed by atoms with Gasteiger partial charge in [0.15, 0.2) is 0 Å². The maximum atomic E-state index is 13.1. The average molecular weight is 425 g/mol. The molecule has 0 N–H and O–H groups in total. The molecular formula is C20H32N4O4S. The van der Waals surface area contributed by atoms with Crippen LogP contribution in [0.1, 0.15) is 49.9 Å². The summed E-state index contributed by atoms with van der Waals surface area (Å²) >= 11 is 0. The van der Waals surface area contributed by atoms with Crippen molar-refractivity contribution in [2.75, 3.05) is 32.8 Å². The topological polar surface area (TPSA) is 84.7 Å². The van der Waals surface area contributed by atoms with Crippen molar-refractivity contribution < 1.29 is 17.9 Å². The van der Waals surface area contributed by atoms with E-state index in [2.05, 4.69) is 5.10 Å². The lowest BCUT2D eigenvalue weighted by molar-refractivity contribution is -0.138. The first-order valence-corrected chi connectivity index (χ1v) is 12.2. The third-order valence-electron chi connectivity index (χ3n) is 6.73. The molecule has 0 unspecified atom stereocenters. The van der Waals surface area contributed by atoms with Gasteiger partial charge in [-0.15, -0.1) is 0 Å². The van der Waals surface area contributed by atoms with E-state index in [0.717, 1.165) is 19.4 Å². The van der Waals surface area contributed by atoms with E-state index >= 15 is 0 Å². The summed E-state index contributed by atoms with van der Waals surface area (Å²) in [7, 11) is -3.64. The molecule has 3 fully saturated rings. The van der Waals surface area contributed by atoms with Gasteiger partial charge < -0.3 is 9.64 Å². The van der Waals surface area contributed by atoms with Gasteiger partial charge in [0, 0.05) is 25.7 Å². The normalized spacial score (nSPS) is 26.3. The molecule has 8 nitrogen and oxygen atoms in total. The van der Waals surface area contributed by atoms with Crippen LogP contribution < -0.4 is 0 Å². The second-order valence-electron chi connectivity index (χ2n) is 8.52. The van der Waals surface area contributed by atoms with E-state index in [0.29, 0.717) is 49.7 Å². The van der Waals surface area contributed by atoms with Gasteiger partial charge in [-0.1, -0.05) is 12.8 Å². The van der Waals surface area contributed by atoms with E-state index in [-0.39, 0.29) is 17.3 Å². The van der Waals surface area contributed by atoms with Crippen LogP contribution in [0.4, 0.5) is 0 Å². The maximum absolute atomic E-state index is 13.1. The lowest BCUT2D eigenvalue weighted by Crippen LogP contribution is -2.50. The fraction of sp³-hybridized carbons (Fsp3) is 0.800. The van der Waals surface area contributed by atoms with E-state index in [1.807, 2.05) is 4.90 Å². The highest BCUT2D eigenvalue weighted by molar-refractivity contribution is 7.89. The van der Waals surface area contributed by atoms with Crippen molar-refractivity contribution in [2.45, 2.75) is 69.9 Å². The van der Waals surface area contributed by atoms with Crippen LogP contribution in [-0.4, -0.2) is 72.2 Å². The van der Waals surface area contributed by atoms with Crippen LogP contribution >= 0.6 is 0 Å². The van der Waals surface area contributed by atoms with E-state index in [9.17, 15) is 13.2 Å². The van der Waals surface area contributed by atoms with Crippen LogP contribution in [-0.2, 0) is 26.1 Å². The Labute approximate surface area is 173 Å². The summed E-state index contributed by atoms with van der Waals surface area (Å²) < 4.78 is 34.6. The number of sulfonamides is 1. The number of hydrogen-bond acceptors (Lipinski definition) is 5. The zero-order chi connectivity index (χ0) is 20.6. The number of likely N-dealkylation sites (tertiary alicyclic amines) is 1. The number of nitrogens with zero attached hydrogens (tertiary/aromatic N) is 4. The molecule has 0 aromatic carbocycles. The van der Waals surface area contributed by atoms with Crippen LogP contribution in [0.25, 0.3) is 0 Å². The van der Waals surface area contributed by atoms with Crippen molar-refractivity contribution in [3.05, 3.63) is 11.4 Å². The molecule has 1 aromatic rings. The quantitative estimate of drug-likeness (QED) is 0.735. The third kappa shape index (κ3) is 3.96. The zero-order valence-corrected chi connectivity index (χ0v) is 18.3. The van der Waals surface area contributed by atoms with E-state index in [1.165, 1.54) is 30.0 Å². The van der Waals surface area contributed by atoms with Gasteiger partial charge in [-0.3, -0.25) is 9.48 Å². The summed E-state index contributed by atoms with van der Waals surface area (Å²) in [6.07, 6.45) is 7.04. The Morgan fingerprint density at radius 1 is 1.07 bits per heavy atom. The lowest BCUT2D eigenvalue weighted by atomic mass is 9.78. The highest BCUT2D eigenvalue weighted by atomic mass is 32.2. The van der Waals surface area contributed by atoms with Crippen molar-refractivity contribution in [3.63, 3.8) is 0 Å². The van der Waals surface area contributed by atoms with Crippen molar-refractivity contribution in [1.82, 2.24) is 19.0 Å². The number of morpholine rings is 1. The Balaban J connectivity index is 1.54. The molecule has 0 spiro atoms. The smallest absolute Gasteiger partial charge is 0.246 e. The molecule has 1 aliphatic carbocycles. The molecule has 2 aliphatic heterocycles. The molecule has 2 saturated heterocycles. The molecule has 29 heavy (non-hydrogen) atoms. The summed E-state index contributed by atoms with van der Waals surface area (Å²) in [4.78, 5) is 15.4. The van der Waals surface area contributed by atoms with Crippen molar-refractivity contribution in [1.29, 1.82) is 0 Å². The molecule has 4 rings (SSSR count). The fourth-order valence-electron chi connectivity index (χ4n) is 5.28. The molecule has 0 bridgehead atoms. The molecule has 162 valence electrons. The van der Waals surface area contributed by atoms with Gasteiger partial charge in [0.2, 0.25) is 15.9 Å². The first kappa shape index (κ1) is 20.8. The van der Waals surface area contributed by atoms with Crippen LogP contribution in [0.3, 0.4) is 0 Å². The molecule has 1 saturated carbocycles. The van der Waals surface area contributed by atoms with E-state index < -0.39 is 10.0 Å². The minimum Gasteiger partial charge on any atom is -0.379 e. The third-order valence-corrected chi connectivity index (χ3v) is 8.88. The summed E-state index contributed by atoms with van der Waals surface area (Å²) in [6, 6.07) is 0.346. The average Bonchev–Trinajstić information content (AvgIpc) is 3.01. The monoisotopic (exact) mass is 424 g/mol. The molecule has 3 heterocycles. The minimum atomic E-state index is -3.64. The van der Waals surface area contributed by atoms with Crippen LogP contribution in [0.15, 0.2) is 4.90 Å². The highest BCUT2D eigenvalue weighted by Gasteiger charge is 2.37. The number of carbonyl (C=O) groups is 1.